The molecule has 7 nitrogen and oxygen atoms in total. The molecule has 0 amide bonds. The van der Waals surface area contributed by atoms with Crippen LogP contribution in [-0.2, 0) is 27.2 Å². The van der Waals surface area contributed by atoms with E-state index in [0.717, 1.165) is 28.4 Å². The Balaban J connectivity index is 5.51. The lowest BCUT2D eigenvalue weighted by Gasteiger charge is -2.36. The van der Waals surface area contributed by atoms with E-state index >= 15 is 0 Å². The maximum Gasteiger partial charge on any atom is 0.374 e. The van der Waals surface area contributed by atoms with Gasteiger partial charge in [0.25, 0.3) is 5.08 Å². The van der Waals surface area contributed by atoms with Crippen LogP contribution in [0.5, 0.6) is 0 Å². The molecule has 0 fully saturated rings. The zero-order valence-electron chi connectivity index (χ0n) is 12.2. The van der Waals surface area contributed by atoms with E-state index in [9.17, 15) is 14.2 Å². The van der Waals surface area contributed by atoms with Gasteiger partial charge in [-0.2, -0.15) is 0 Å². The minimum absolute atomic E-state index is 0.160. The molecule has 0 aliphatic carbocycles. The highest BCUT2D eigenvalue weighted by Crippen LogP contribution is 2.77. The SMILES string of the molecule is C#CCCCCC(O)(P(=O)(OC)OC)P(=O)(OC)OC. The summed E-state index contributed by atoms with van der Waals surface area (Å²) >= 11 is 0. The molecule has 0 bridgehead atoms. The molecular weight excluding hydrogens is 306 g/mol. The zero-order valence-corrected chi connectivity index (χ0v) is 14.0. The van der Waals surface area contributed by atoms with Crippen molar-refractivity contribution in [3.05, 3.63) is 0 Å². The number of hydrogen-bond donors (Lipinski definition) is 1. The van der Waals surface area contributed by atoms with Crippen LogP contribution >= 0.6 is 15.2 Å². The molecule has 0 aliphatic rings. The van der Waals surface area contributed by atoms with Crippen molar-refractivity contribution in [1.82, 2.24) is 0 Å². The Kier molecular flexibility index (Phi) is 8.23. The van der Waals surface area contributed by atoms with Crippen molar-refractivity contribution in [2.45, 2.75) is 30.8 Å². The quantitative estimate of drug-likeness (QED) is 0.374. The van der Waals surface area contributed by atoms with E-state index in [1.54, 1.807) is 0 Å². The van der Waals surface area contributed by atoms with Crippen LogP contribution in [0.3, 0.4) is 0 Å². The molecule has 0 radical (unpaired) electrons. The van der Waals surface area contributed by atoms with E-state index in [1.807, 2.05) is 0 Å². The van der Waals surface area contributed by atoms with Crippen molar-refractivity contribution in [3.8, 4) is 12.3 Å². The van der Waals surface area contributed by atoms with E-state index in [2.05, 4.69) is 5.92 Å². The third-order valence-electron chi connectivity index (χ3n) is 2.92. The number of unbranched alkanes of at least 4 members (excludes halogenated alkanes) is 2. The average molecular weight is 328 g/mol. The Labute approximate surface area is 120 Å². The first-order valence-electron chi connectivity index (χ1n) is 5.90. The Morgan fingerprint density at radius 2 is 1.40 bits per heavy atom. The summed E-state index contributed by atoms with van der Waals surface area (Å²) in [5.41, 5.74) is 0. The van der Waals surface area contributed by atoms with Gasteiger partial charge in [-0.25, -0.2) is 0 Å². The van der Waals surface area contributed by atoms with E-state index in [-0.39, 0.29) is 6.42 Å². The summed E-state index contributed by atoms with van der Waals surface area (Å²) in [6, 6.07) is 0. The summed E-state index contributed by atoms with van der Waals surface area (Å²) in [5, 5.41) is 8.28. The number of terminal acetylenes is 1. The fourth-order valence-electron chi connectivity index (χ4n) is 1.75. The van der Waals surface area contributed by atoms with Crippen molar-refractivity contribution < 1.29 is 32.3 Å². The maximum absolute atomic E-state index is 12.5. The Morgan fingerprint density at radius 1 is 1.00 bits per heavy atom. The number of hydrogen-bond acceptors (Lipinski definition) is 7. The molecule has 0 aromatic rings. The van der Waals surface area contributed by atoms with Gasteiger partial charge < -0.3 is 23.2 Å². The van der Waals surface area contributed by atoms with Crippen LogP contribution in [-0.4, -0.2) is 38.6 Å². The van der Waals surface area contributed by atoms with Gasteiger partial charge in [0.2, 0.25) is 0 Å². The summed E-state index contributed by atoms with van der Waals surface area (Å²) in [7, 11) is -3.87. The highest BCUT2D eigenvalue weighted by Gasteiger charge is 2.63. The highest BCUT2D eigenvalue weighted by molar-refractivity contribution is 7.73. The molecule has 0 rings (SSSR count). The normalized spacial score (nSPS) is 13.2. The van der Waals surface area contributed by atoms with Gasteiger partial charge in [0.1, 0.15) is 0 Å². The second kappa shape index (κ2) is 8.31. The van der Waals surface area contributed by atoms with Crippen LogP contribution in [0.1, 0.15) is 25.7 Å². The van der Waals surface area contributed by atoms with E-state index in [1.165, 1.54) is 0 Å². The summed E-state index contributed by atoms with van der Waals surface area (Å²) in [4.78, 5) is 0. The molecule has 0 unspecified atom stereocenters. The maximum atomic E-state index is 12.5. The third kappa shape index (κ3) is 3.72. The van der Waals surface area contributed by atoms with E-state index in [0.29, 0.717) is 19.3 Å². The molecular formula is C11H22O7P2. The van der Waals surface area contributed by atoms with Gasteiger partial charge in [-0.15, -0.1) is 12.3 Å². The van der Waals surface area contributed by atoms with Crippen molar-refractivity contribution >= 4 is 15.2 Å². The molecule has 0 aromatic heterocycles. The lowest BCUT2D eigenvalue weighted by Crippen LogP contribution is -2.31. The van der Waals surface area contributed by atoms with Gasteiger partial charge >= 0.3 is 15.2 Å². The second-order valence-corrected chi connectivity index (χ2v) is 9.19. The van der Waals surface area contributed by atoms with Crippen molar-refractivity contribution in [3.63, 3.8) is 0 Å². The molecule has 0 heterocycles. The van der Waals surface area contributed by atoms with Gasteiger partial charge in [0, 0.05) is 34.9 Å². The molecule has 1 N–H and O–H groups in total. The second-order valence-electron chi connectivity index (χ2n) is 3.91. The molecule has 9 heteroatoms. The van der Waals surface area contributed by atoms with Crippen molar-refractivity contribution in [2.24, 2.45) is 0 Å². The van der Waals surface area contributed by atoms with E-state index in [4.69, 9.17) is 24.5 Å². The molecule has 0 saturated heterocycles. The standard InChI is InChI=1S/C11H22O7P2/c1-6-7-8-9-10-11(12,19(13,15-2)16-3)20(14,17-4)18-5/h1,12H,7-10H2,2-5H3. The Hall–Kier alpha value is -0.180. The van der Waals surface area contributed by atoms with Gasteiger partial charge in [0.15, 0.2) is 0 Å². The predicted molar refractivity (Wildman–Crippen MR) is 75.5 cm³/mol. The molecule has 118 valence electrons. The van der Waals surface area contributed by atoms with Crippen LogP contribution in [0.25, 0.3) is 0 Å². The molecule has 0 saturated carbocycles. The van der Waals surface area contributed by atoms with Gasteiger partial charge in [-0.05, 0) is 19.3 Å². The van der Waals surface area contributed by atoms with Gasteiger partial charge in [-0.3, -0.25) is 9.13 Å². The Bertz CT molecular complexity index is 387. The number of aliphatic hydroxyl groups is 1. The van der Waals surface area contributed by atoms with Crippen LogP contribution in [0.2, 0.25) is 0 Å². The topological polar surface area (TPSA) is 91.3 Å². The van der Waals surface area contributed by atoms with Crippen LogP contribution < -0.4 is 0 Å². The van der Waals surface area contributed by atoms with Crippen molar-refractivity contribution in [2.75, 3.05) is 28.4 Å². The zero-order chi connectivity index (χ0) is 15.9. The van der Waals surface area contributed by atoms with Crippen LogP contribution in [0.4, 0.5) is 0 Å². The Morgan fingerprint density at radius 3 is 1.70 bits per heavy atom. The fourth-order valence-corrected chi connectivity index (χ4v) is 6.26. The molecule has 20 heavy (non-hydrogen) atoms. The molecule has 0 aliphatic heterocycles. The van der Waals surface area contributed by atoms with Crippen LogP contribution in [0.15, 0.2) is 0 Å². The first kappa shape index (κ1) is 19.8. The smallest absolute Gasteiger partial charge is 0.368 e. The first-order valence-corrected chi connectivity index (χ1v) is 8.98. The lowest BCUT2D eigenvalue weighted by molar-refractivity contribution is 0.0952. The lowest BCUT2D eigenvalue weighted by atomic mass is 10.2. The molecule has 0 spiro atoms. The third-order valence-corrected chi connectivity index (χ3v) is 8.52. The minimum atomic E-state index is -4.12. The average Bonchev–Trinajstić information content (AvgIpc) is 2.49. The summed E-state index contributed by atoms with van der Waals surface area (Å²) in [5.74, 6) is 2.44. The predicted octanol–water partition coefficient (Wildman–Crippen LogP) is 2.80. The van der Waals surface area contributed by atoms with E-state index < -0.39 is 20.3 Å². The van der Waals surface area contributed by atoms with Gasteiger partial charge in [0.05, 0.1) is 0 Å². The largest absolute Gasteiger partial charge is 0.374 e. The molecule has 0 atom stereocenters. The minimum Gasteiger partial charge on any atom is -0.368 e. The molecule has 0 aromatic carbocycles. The summed E-state index contributed by atoms with van der Waals surface area (Å²) in [6.45, 7) is 0. The van der Waals surface area contributed by atoms with Gasteiger partial charge in [-0.1, -0.05) is 0 Å². The monoisotopic (exact) mass is 328 g/mol. The van der Waals surface area contributed by atoms with Crippen molar-refractivity contribution in [1.29, 1.82) is 0 Å². The highest BCUT2D eigenvalue weighted by atomic mass is 31.2. The fraction of sp³-hybridized carbons (Fsp3) is 0.818. The summed E-state index contributed by atoms with van der Waals surface area (Å²) in [6.07, 6.45) is 6.36. The van der Waals surface area contributed by atoms with Crippen LogP contribution in [0, 0.1) is 12.3 Å². The summed E-state index contributed by atoms with van der Waals surface area (Å²) < 4.78 is 44.1. The number of rotatable bonds is 10. The first-order chi connectivity index (χ1) is 9.30.